The summed E-state index contributed by atoms with van der Waals surface area (Å²) in [4.78, 5) is 13.7. The molecule has 8 nitrogen and oxygen atoms in total. The van der Waals surface area contributed by atoms with E-state index in [2.05, 4.69) is 62.1 Å². The Bertz CT molecular complexity index is 1320. The van der Waals surface area contributed by atoms with E-state index in [9.17, 15) is 0 Å². The number of hydrogen-bond acceptors (Lipinski definition) is 7. The molecule has 3 aromatic heterocycles. The molecule has 198 valence electrons. The van der Waals surface area contributed by atoms with Gasteiger partial charge in [-0.05, 0) is 34.8 Å². The first-order valence-corrected chi connectivity index (χ1v) is 15.1. The van der Waals surface area contributed by atoms with Gasteiger partial charge in [0.05, 0.1) is 23.3 Å². The van der Waals surface area contributed by atoms with Gasteiger partial charge in [-0.25, -0.2) is 15.0 Å². The maximum atomic E-state index is 6.86. The van der Waals surface area contributed by atoms with E-state index in [-0.39, 0.29) is 5.95 Å². The molecule has 0 atom stereocenters. The second kappa shape index (κ2) is 11.2. The third-order valence-electron chi connectivity index (χ3n) is 7.34. The van der Waals surface area contributed by atoms with Crippen molar-refractivity contribution in [3.63, 3.8) is 0 Å². The van der Waals surface area contributed by atoms with Crippen LogP contribution in [0.25, 0.3) is 33.6 Å². The topological polar surface area (TPSA) is 101 Å². The third-order valence-corrected chi connectivity index (χ3v) is 13.5. The molecule has 2 N–H and O–H groups in total. The molecule has 0 saturated carbocycles. The van der Waals surface area contributed by atoms with Crippen molar-refractivity contribution in [2.75, 3.05) is 19.5 Å². The summed E-state index contributed by atoms with van der Waals surface area (Å²) in [6.45, 7) is 14.8. The first kappa shape index (κ1) is 27.0. The van der Waals surface area contributed by atoms with Crippen LogP contribution in [0.15, 0.2) is 47.2 Å². The number of furan rings is 1. The number of nitrogens with two attached hydrogens (primary N) is 1. The molecule has 0 fully saturated rings. The van der Waals surface area contributed by atoms with Gasteiger partial charge in [0, 0.05) is 37.3 Å². The number of aromatic nitrogens is 4. The fourth-order valence-corrected chi connectivity index (χ4v) is 11.3. The van der Waals surface area contributed by atoms with Crippen molar-refractivity contribution < 1.29 is 13.6 Å². The summed E-state index contributed by atoms with van der Waals surface area (Å²) in [5.74, 6) is 1.09. The Morgan fingerprint density at radius 2 is 1.73 bits per heavy atom. The normalized spacial score (nSPS) is 12.5. The predicted octanol–water partition coefficient (Wildman–Crippen LogP) is 6.67. The highest BCUT2D eigenvalue weighted by atomic mass is 28.4. The molecule has 1 aromatic carbocycles. The van der Waals surface area contributed by atoms with Gasteiger partial charge in [0.25, 0.3) is 0 Å². The number of benzene rings is 1. The number of methoxy groups -OCH3 is 1. The van der Waals surface area contributed by atoms with E-state index in [1.807, 2.05) is 24.3 Å². The van der Waals surface area contributed by atoms with E-state index in [4.69, 9.17) is 24.3 Å². The SMILES string of the molecule is COCn1c(CCO[Si](C(C)C)(C(C)C)C(C)C)nc(-c2ccc3ccoc3c2)c1-c1ccnc(N)n1. The van der Waals surface area contributed by atoms with Crippen molar-refractivity contribution in [2.45, 2.75) is 71.3 Å². The molecule has 0 unspecified atom stereocenters. The fourth-order valence-electron chi connectivity index (χ4n) is 5.85. The lowest BCUT2D eigenvalue weighted by Gasteiger charge is -2.42. The van der Waals surface area contributed by atoms with Gasteiger partial charge in [-0.1, -0.05) is 53.7 Å². The monoisotopic (exact) mass is 521 g/mol. The molecule has 0 spiro atoms. The molecule has 0 radical (unpaired) electrons. The van der Waals surface area contributed by atoms with Crippen molar-refractivity contribution in [1.29, 1.82) is 0 Å². The Morgan fingerprint density at radius 3 is 2.38 bits per heavy atom. The number of anilines is 1. The fraction of sp³-hybridized carbons (Fsp3) is 0.464. The molecule has 0 aliphatic carbocycles. The van der Waals surface area contributed by atoms with Gasteiger partial charge in [-0.3, -0.25) is 0 Å². The average Bonchev–Trinajstić information content (AvgIpc) is 3.45. The molecule has 4 aromatic rings. The Hall–Kier alpha value is -3.01. The van der Waals surface area contributed by atoms with Crippen LogP contribution in [-0.4, -0.2) is 41.6 Å². The smallest absolute Gasteiger partial charge is 0.220 e. The zero-order valence-corrected chi connectivity index (χ0v) is 24.0. The van der Waals surface area contributed by atoms with Crippen LogP contribution in [0.1, 0.15) is 47.4 Å². The van der Waals surface area contributed by atoms with E-state index in [1.54, 1.807) is 19.6 Å². The van der Waals surface area contributed by atoms with Crippen LogP contribution in [0.3, 0.4) is 0 Å². The number of nitrogen functional groups attached to an aromatic ring is 1. The summed E-state index contributed by atoms with van der Waals surface area (Å²) in [6, 6.07) is 9.91. The molecule has 37 heavy (non-hydrogen) atoms. The number of hydrogen-bond donors (Lipinski definition) is 1. The Balaban J connectivity index is 1.79. The highest BCUT2D eigenvalue weighted by Crippen LogP contribution is 2.42. The van der Waals surface area contributed by atoms with Crippen molar-refractivity contribution in [3.8, 4) is 22.6 Å². The molecular weight excluding hydrogens is 482 g/mol. The summed E-state index contributed by atoms with van der Waals surface area (Å²) < 4.78 is 20.2. The first-order valence-electron chi connectivity index (χ1n) is 13.0. The molecular formula is C28H39N5O3Si. The number of ether oxygens (including phenoxy) is 1. The number of fused-ring (bicyclic) bond motifs is 1. The molecule has 9 heteroatoms. The number of rotatable bonds is 11. The highest BCUT2D eigenvalue weighted by Gasteiger charge is 2.44. The van der Waals surface area contributed by atoms with Crippen LogP contribution in [0.5, 0.6) is 0 Å². The zero-order chi connectivity index (χ0) is 26.7. The second-order valence-electron chi connectivity index (χ2n) is 10.5. The van der Waals surface area contributed by atoms with E-state index in [1.165, 1.54) is 0 Å². The van der Waals surface area contributed by atoms with Crippen LogP contribution in [0, 0.1) is 0 Å². The van der Waals surface area contributed by atoms with Gasteiger partial charge in [0.2, 0.25) is 5.95 Å². The van der Waals surface area contributed by atoms with Crippen molar-refractivity contribution in [1.82, 2.24) is 19.5 Å². The molecule has 0 saturated heterocycles. The van der Waals surface area contributed by atoms with E-state index in [0.717, 1.165) is 33.7 Å². The van der Waals surface area contributed by atoms with Gasteiger partial charge < -0.3 is 23.9 Å². The number of nitrogens with zero attached hydrogens (tertiary/aromatic N) is 4. The van der Waals surface area contributed by atoms with E-state index >= 15 is 0 Å². The van der Waals surface area contributed by atoms with Gasteiger partial charge in [0.1, 0.15) is 18.1 Å². The van der Waals surface area contributed by atoms with Crippen LogP contribution in [-0.2, 0) is 22.3 Å². The van der Waals surface area contributed by atoms with Crippen LogP contribution in [0.2, 0.25) is 16.6 Å². The second-order valence-corrected chi connectivity index (χ2v) is 15.9. The van der Waals surface area contributed by atoms with E-state index in [0.29, 0.717) is 42.1 Å². The Labute approximate surface area is 220 Å². The minimum Gasteiger partial charge on any atom is -0.464 e. The summed E-state index contributed by atoms with van der Waals surface area (Å²) in [5.41, 5.74) is 11.6. The van der Waals surface area contributed by atoms with Gasteiger partial charge in [-0.15, -0.1) is 0 Å². The predicted molar refractivity (Wildman–Crippen MR) is 151 cm³/mol. The third kappa shape index (κ3) is 5.21. The van der Waals surface area contributed by atoms with Gasteiger partial charge >= 0.3 is 0 Å². The zero-order valence-electron chi connectivity index (χ0n) is 23.0. The van der Waals surface area contributed by atoms with Gasteiger partial charge in [-0.2, -0.15) is 0 Å². The van der Waals surface area contributed by atoms with Crippen molar-refractivity contribution in [2.24, 2.45) is 0 Å². The molecule has 0 aliphatic heterocycles. The minimum absolute atomic E-state index is 0.210. The lowest BCUT2D eigenvalue weighted by Crippen LogP contribution is -2.48. The first-order chi connectivity index (χ1) is 17.7. The summed E-state index contributed by atoms with van der Waals surface area (Å²) in [5, 5.41) is 1.04. The van der Waals surface area contributed by atoms with Crippen LogP contribution < -0.4 is 5.73 Å². The molecule has 4 rings (SSSR count). The van der Waals surface area contributed by atoms with Crippen molar-refractivity contribution in [3.05, 3.63) is 48.6 Å². The number of imidazole rings is 1. The maximum Gasteiger partial charge on any atom is 0.220 e. The van der Waals surface area contributed by atoms with E-state index < -0.39 is 8.32 Å². The Kier molecular flexibility index (Phi) is 8.16. The highest BCUT2D eigenvalue weighted by molar-refractivity contribution is 6.77. The molecule has 0 bridgehead atoms. The summed E-state index contributed by atoms with van der Waals surface area (Å²) >= 11 is 0. The summed E-state index contributed by atoms with van der Waals surface area (Å²) in [7, 11) is -0.318. The largest absolute Gasteiger partial charge is 0.464 e. The maximum absolute atomic E-state index is 6.86. The minimum atomic E-state index is -2.00. The Morgan fingerprint density at radius 1 is 1.00 bits per heavy atom. The molecule has 0 amide bonds. The lowest BCUT2D eigenvalue weighted by atomic mass is 10.1. The van der Waals surface area contributed by atoms with Crippen molar-refractivity contribution >= 4 is 25.2 Å². The lowest BCUT2D eigenvalue weighted by molar-refractivity contribution is 0.129. The van der Waals surface area contributed by atoms with Crippen LogP contribution >= 0.6 is 0 Å². The standard InChI is InChI=1S/C28H39N5O3Si/c1-18(2)37(19(3)4,20(5)6)36-15-12-25-32-26(22-9-8-21-11-14-35-24(21)16-22)27(33(25)17-34-7)23-10-13-30-28(29)31-23/h8-11,13-14,16,18-20H,12,15,17H2,1-7H3,(H2,29,30,31). The average molecular weight is 522 g/mol. The molecule has 3 heterocycles. The van der Waals surface area contributed by atoms with Crippen LogP contribution in [0.4, 0.5) is 5.95 Å². The quantitative estimate of drug-likeness (QED) is 0.220. The molecule has 0 aliphatic rings. The van der Waals surface area contributed by atoms with Gasteiger partial charge in [0.15, 0.2) is 8.32 Å². The summed E-state index contributed by atoms with van der Waals surface area (Å²) in [6.07, 6.45) is 4.01.